The van der Waals surface area contributed by atoms with E-state index in [1.54, 1.807) is 37.8 Å². The summed E-state index contributed by atoms with van der Waals surface area (Å²) in [6.07, 6.45) is 6.10. The maximum Gasteiger partial charge on any atom is 0.319 e. The van der Waals surface area contributed by atoms with Crippen LogP contribution in [-0.4, -0.2) is 41.2 Å². The first-order chi connectivity index (χ1) is 14.1. The van der Waals surface area contributed by atoms with Crippen LogP contribution in [0.2, 0.25) is 0 Å². The molecule has 0 radical (unpaired) electrons. The van der Waals surface area contributed by atoms with Gasteiger partial charge < -0.3 is 20.7 Å². The molecule has 1 fully saturated rings. The Hall–Kier alpha value is -3.07. The van der Waals surface area contributed by atoms with Crippen LogP contribution >= 0.6 is 0 Å². The number of halogens is 1. The summed E-state index contributed by atoms with van der Waals surface area (Å²) in [4.78, 5) is 32.8. The third-order valence-corrected chi connectivity index (χ3v) is 4.96. The molecule has 1 heterocycles. The topological polar surface area (TPSA) is 105 Å². The number of rotatable bonds is 6. The summed E-state index contributed by atoms with van der Waals surface area (Å²) in [5.74, 6) is -0.800. The van der Waals surface area contributed by atoms with Crippen molar-refractivity contribution in [2.45, 2.75) is 38.0 Å². The lowest BCUT2D eigenvalue weighted by molar-refractivity contribution is -0.128. The number of ether oxygens (including phenoxy) is 1. The van der Waals surface area contributed by atoms with Crippen LogP contribution in [0, 0.1) is 11.7 Å². The summed E-state index contributed by atoms with van der Waals surface area (Å²) < 4.78 is 19.2. The highest BCUT2D eigenvalue weighted by Crippen LogP contribution is 2.27. The van der Waals surface area contributed by atoms with Crippen molar-refractivity contribution in [3.05, 3.63) is 54.4 Å². The molecule has 0 spiro atoms. The number of urea groups is 1. The van der Waals surface area contributed by atoms with Crippen LogP contribution in [0.5, 0.6) is 0 Å². The van der Waals surface area contributed by atoms with Crippen molar-refractivity contribution in [2.75, 3.05) is 12.4 Å². The number of nitrogens with one attached hydrogen (secondary N) is 3. The number of hydrogen-bond donors (Lipinski definition) is 3. The van der Waals surface area contributed by atoms with E-state index in [0.717, 1.165) is 0 Å². The standard InChI is InChI=1S/C20H24FN5O3/c1-29-18-10-13(19(27)24-12-14-11-22-8-9-23-14)6-7-17(18)26-20(28)25-16-5-3-2-4-15(16)21/h2-5,8-9,11,13,17-18H,6-7,10,12H2,1H3,(H,24,27)(H2,25,26,28)/t13-,17-,18-/m0/s1. The molecule has 1 aromatic carbocycles. The van der Waals surface area contributed by atoms with Crippen LogP contribution in [0.3, 0.4) is 0 Å². The van der Waals surface area contributed by atoms with Gasteiger partial charge >= 0.3 is 6.03 Å². The fourth-order valence-electron chi connectivity index (χ4n) is 3.43. The van der Waals surface area contributed by atoms with Crippen molar-refractivity contribution in [1.29, 1.82) is 0 Å². The number of carbonyl (C=O) groups is 2. The van der Waals surface area contributed by atoms with Gasteiger partial charge in [-0.3, -0.25) is 14.8 Å². The molecule has 3 N–H and O–H groups in total. The van der Waals surface area contributed by atoms with Crippen LogP contribution < -0.4 is 16.0 Å². The SMILES string of the molecule is CO[C@H]1C[C@@H](C(=O)NCc2cnccn2)CC[C@@H]1NC(=O)Nc1ccccc1F. The van der Waals surface area contributed by atoms with E-state index >= 15 is 0 Å². The van der Waals surface area contributed by atoms with E-state index < -0.39 is 11.8 Å². The zero-order valence-electron chi connectivity index (χ0n) is 16.1. The molecule has 3 amide bonds. The molecular formula is C20H24FN5O3. The highest BCUT2D eigenvalue weighted by atomic mass is 19.1. The Morgan fingerprint density at radius 3 is 2.79 bits per heavy atom. The molecule has 9 heteroatoms. The van der Waals surface area contributed by atoms with Gasteiger partial charge in [0.1, 0.15) is 5.82 Å². The van der Waals surface area contributed by atoms with Gasteiger partial charge in [0.05, 0.1) is 36.3 Å². The molecule has 29 heavy (non-hydrogen) atoms. The Bertz CT molecular complexity index is 836. The number of para-hydroxylation sites is 1. The van der Waals surface area contributed by atoms with E-state index in [0.29, 0.717) is 31.5 Å². The first-order valence-corrected chi connectivity index (χ1v) is 9.44. The van der Waals surface area contributed by atoms with Gasteiger partial charge in [-0.05, 0) is 31.4 Å². The maximum absolute atomic E-state index is 13.7. The quantitative estimate of drug-likeness (QED) is 0.689. The minimum Gasteiger partial charge on any atom is -0.379 e. The number of aromatic nitrogens is 2. The Morgan fingerprint density at radius 2 is 2.07 bits per heavy atom. The molecule has 0 bridgehead atoms. The van der Waals surface area contributed by atoms with Gasteiger partial charge in [-0.25, -0.2) is 9.18 Å². The van der Waals surface area contributed by atoms with Gasteiger partial charge in [-0.15, -0.1) is 0 Å². The van der Waals surface area contributed by atoms with E-state index in [4.69, 9.17) is 4.74 Å². The maximum atomic E-state index is 13.7. The molecule has 1 saturated carbocycles. The van der Waals surface area contributed by atoms with Crippen LogP contribution in [0.4, 0.5) is 14.9 Å². The molecule has 1 aliphatic carbocycles. The van der Waals surface area contributed by atoms with Crippen LogP contribution in [0.25, 0.3) is 0 Å². The minimum atomic E-state index is -0.507. The van der Waals surface area contributed by atoms with Crippen molar-refractivity contribution in [2.24, 2.45) is 5.92 Å². The number of hydrogen-bond acceptors (Lipinski definition) is 5. The third kappa shape index (κ3) is 5.71. The van der Waals surface area contributed by atoms with Crippen LogP contribution in [0.1, 0.15) is 25.0 Å². The van der Waals surface area contributed by atoms with E-state index in [2.05, 4.69) is 25.9 Å². The van der Waals surface area contributed by atoms with E-state index in [1.807, 2.05) is 0 Å². The highest BCUT2D eigenvalue weighted by molar-refractivity contribution is 5.89. The molecule has 0 aliphatic heterocycles. The van der Waals surface area contributed by atoms with Crippen molar-refractivity contribution in [3.63, 3.8) is 0 Å². The largest absolute Gasteiger partial charge is 0.379 e. The molecule has 0 unspecified atom stereocenters. The number of carbonyl (C=O) groups excluding carboxylic acids is 2. The van der Waals surface area contributed by atoms with Gasteiger partial charge in [0, 0.05) is 25.4 Å². The normalized spacial score (nSPS) is 21.2. The van der Waals surface area contributed by atoms with Crippen molar-refractivity contribution in [1.82, 2.24) is 20.6 Å². The van der Waals surface area contributed by atoms with Crippen molar-refractivity contribution >= 4 is 17.6 Å². The zero-order valence-corrected chi connectivity index (χ0v) is 16.1. The van der Waals surface area contributed by atoms with Crippen LogP contribution in [-0.2, 0) is 16.1 Å². The minimum absolute atomic E-state index is 0.0769. The lowest BCUT2D eigenvalue weighted by Gasteiger charge is -2.35. The van der Waals surface area contributed by atoms with E-state index in [1.165, 1.54) is 12.1 Å². The lowest BCUT2D eigenvalue weighted by Crippen LogP contribution is -2.50. The van der Waals surface area contributed by atoms with Gasteiger partial charge in [0.25, 0.3) is 0 Å². The Balaban J connectivity index is 1.50. The molecular weight excluding hydrogens is 377 g/mol. The second-order valence-corrected chi connectivity index (χ2v) is 6.88. The summed E-state index contributed by atoms with van der Waals surface area (Å²) in [5.41, 5.74) is 0.792. The number of nitrogens with zero attached hydrogens (tertiary/aromatic N) is 2. The summed E-state index contributed by atoms with van der Waals surface area (Å²) >= 11 is 0. The third-order valence-electron chi connectivity index (χ3n) is 4.96. The molecule has 1 aliphatic rings. The predicted molar refractivity (Wildman–Crippen MR) is 104 cm³/mol. The highest BCUT2D eigenvalue weighted by Gasteiger charge is 2.34. The smallest absolute Gasteiger partial charge is 0.319 e. The summed E-state index contributed by atoms with van der Waals surface area (Å²) in [6.45, 7) is 0.313. The first kappa shape index (κ1) is 20.7. The number of amides is 3. The summed E-state index contributed by atoms with van der Waals surface area (Å²) in [6, 6.07) is 5.18. The Kier molecular flexibility index (Phi) is 7.07. The van der Waals surface area contributed by atoms with Gasteiger partial charge in [0.2, 0.25) is 5.91 Å². The number of methoxy groups -OCH3 is 1. The lowest BCUT2D eigenvalue weighted by atomic mass is 9.83. The molecule has 2 aromatic rings. The van der Waals surface area contributed by atoms with Gasteiger partial charge in [0.15, 0.2) is 0 Å². The molecule has 3 atom stereocenters. The average molecular weight is 401 g/mol. The molecule has 0 saturated heterocycles. The summed E-state index contributed by atoms with van der Waals surface area (Å²) in [7, 11) is 1.55. The fourth-order valence-corrected chi connectivity index (χ4v) is 3.43. The number of anilines is 1. The van der Waals surface area contributed by atoms with Gasteiger partial charge in [-0.2, -0.15) is 0 Å². The van der Waals surface area contributed by atoms with Crippen LogP contribution in [0.15, 0.2) is 42.9 Å². The Morgan fingerprint density at radius 1 is 1.24 bits per heavy atom. The molecule has 3 rings (SSSR count). The summed E-state index contributed by atoms with van der Waals surface area (Å²) in [5, 5.41) is 8.19. The second-order valence-electron chi connectivity index (χ2n) is 6.88. The first-order valence-electron chi connectivity index (χ1n) is 9.44. The zero-order chi connectivity index (χ0) is 20.6. The van der Waals surface area contributed by atoms with Crippen molar-refractivity contribution < 1.29 is 18.7 Å². The van der Waals surface area contributed by atoms with Gasteiger partial charge in [-0.1, -0.05) is 12.1 Å². The molecule has 8 nitrogen and oxygen atoms in total. The fraction of sp³-hybridized carbons (Fsp3) is 0.400. The van der Waals surface area contributed by atoms with E-state index in [-0.39, 0.29) is 29.7 Å². The monoisotopic (exact) mass is 401 g/mol. The van der Waals surface area contributed by atoms with E-state index in [9.17, 15) is 14.0 Å². The number of benzene rings is 1. The molecule has 1 aromatic heterocycles. The second kappa shape index (κ2) is 9.92. The predicted octanol–water partition coefficient (Wildman–Crippen LogP) is 2.24. The van der Waals surface area contributed by atoms with Crippen molar-refractivity contribution in [3.8, 4) is 0 Å². The molecule has 154 valence electrons. The Labute approximate surface area is 168 Å². The average Bonchev–Trinajstić information content (AvgIpc) is 2.74.